The maximum absolute atomic E-state index is 12.7. The van der Waals surface area contributed by atoms with Crippen molar-refractivity contribution in [1.29, 1.82) is 5.26 Å². The van der Waals surface area contributed by atoms with Gasteiger partial charge in [0.15, 0.2) is 0 Å². The van der Waals surface area contributed by atoms with Gasteiger partial charge < -0.3 is 11.1 Å². The highest BCUT2D eigenvalue weighted by Gasteiger charge is 2.27. The minimum atomic E-state index is -3.14. The molecule has 1 rings (SSSR count). The lowest BCUT2D eigenvalue weighted by Crippen LogP contribution is -2.41. The molecule has 17 heavy (non-hydrogen) atoms. The van der Waals surface area contributed by atoms with E-state index in [4.69, 9.17) is 11.0 Å². The second-order valence-corrected chi connectivity index (χ2v) is 3.29. The molecule has 3 N–H and O–H groups in total. The van der Waals surface area contributed by atoms with Crippen LogP contribution < -0.4 is 11.1 Å². The molecular weight excluding hydrogens is 230 g/mol. The Bertz CT molecular complexity index is 439. The molecule has 0 aromatic carbocycles. The van der Waals surface area contributed by atoms with Crippen LogP contribution in [0.15, 0.2) is 18.3 Å². The summed E-state index contributed by atoms with van der Waals surface area (Å²) in [5.74, 6) is -3.87. The summed E-state index contributed by atoms with van der Waals surface area (Å²) in [6.45, 7) is -1.68. The first-order valence-electron chi connectivity index (χ1n) is 4.71. The zero-order valence-corrected chi connectivity index (χ0v) is 8.78. The predicted octanol–water partition coefficient (Wildman–Crippen LogP) is 0.277. The van der Waals surface area contributed by atoms with E-state index in [1.807, 2.05) is 11.4 Å². The summed E-state index contributed by atoms with van der Waals surface area (Å²) in [5.41, 5.74) is 5.07. The number of hydrogen-bond acceptors (Lipinski definition) is 4. The van der Waals surface area contributed by atoms with Gasteiger partial charge in [-0.25, -0.2) is 13.8 Å². The van der Waals surface area contributed by atoms with Crippen molar-refractivity contribution in [3.05, 3.63) is 29.6 Å². The van der Waals surface area contributed by atoms with E-state index in [9.17, 15) is 13.6 Å². The van der Waals surface area contributed by atoms with Crippen molar-refractivity contribution in [3.8, 4) is 6.07 Å². The minimum Gasteiger partial charge on any atom is -0.345 e. The van der Waals surface area contributed by atoms with Crippen molar-refractivity contribution >= 4 is 5.91 Å². The number of halogens is 2. The molecule has 1 heterocycles. The molecule has 1 amide bonds. The number of amides is 1. The lowest BCUT2D eigenvalue weighted by Gasteiger charge is -2.14. The second kappa shape index (κ2) is 5.32. The number of carbonyl (C=O) groups excluding carboxylic acids is 1. The standard InChI is InChI=1S/C10H10F2N4O/c11-10(12,5-14)6-16-9(17)8-2-1-7(3-13)4-15-8/h1-2,4H,5-6,14H2,(H,16,17). The zero-order valence-electron chi connectivity index (χ0n) is 8.78. The van der Waals surface area contributed by atoms with E-state index >= 15 is 0 Å². The van der Waals surface area contributed by atoms with E-state index in [0.717, 1.165) is 0 Å². The smallest absolute Gasteiger partial charge is 0.277 e. The molecule has 0 spiro atoms. The number of pyridine rings is 1. The third-order valence-electron chi connectivity index (χ3n) is 1.93. The Hall–Kier alpha value is -2.07. The minimum absolute atomic E-state index is 0.0307. The number of aromatic nitrogens is 1. The lowest BCUT2D eigenvalue weighted by atomic mass is 10.2. The van der Waals surface area contributed by atoms with Gasteiger partial charge in [-0.05, 0) is 12.1 Å². The van der Waals surface area contributed by atoms with Crippen LogP contribution in [0.25, 0.3) is 0 Å². The Morgan fingerprint density at radius 1 is 1.59 bits per heavy atom. The van der Waals surface area contributed by atoms with Crippen molar-refractivity contribution in [2.45, 2.75) is 5.92 Å². The fraction of sp³-hybridized carbons (Fsp3) is 0.300. The summed E-state index contributed by atoms with van der Waals surface area (Å²) in [6, 6.07) is 4.49. The van der Waals surface area contributed by atoms with E-state index < -0.39 is 24.9 Å². The molecular formula is C10H10F2N4O. The van der Waals surface area contributed by atoms with Crippen LogP contribution in [-0.2, 0) is 0 Å². The first kappa shape index (κ1) is 13.0. The molecule has 0 aliphatic carbocycles. The van der Waals surface area contributed by atoms with E-state index in [2.05, 4.69) is 4.98 Å². The number of hydrogen-bond donors (Lipinski definition) is 2. The number of nitrogens with zero attached hydrogens (tertiary/aromatic N) is 2. The maximum atomic E-state index is 12.7. The second-order valence-electron chi connectivity index (χ2n) is 3.29. The highest BCUT2D eigenvalue weighted by molar-refractivity contribution is 5.92. The monoisotopic (exact) mass is 240 g/mol. The third-order valence-corrected chi connectivity index (χ3v) is 1.93. The number of carbonyl (C=O) groups is 1. The molecule has 7 heteroatoms. The SMILES string of the molecule is N#Cc1ccc(C(=O)NCC(F)(F)CN)nc1. The summed E-state index contributed by atoms with van der Waals surface area (Å²) in [7, 11) is 0. The van der Waals surface area contributed by atoms with Gasteiger partial charge in [-0.2, -0.15) is 5.26 Å². The first-order valence-corrected chi connectivity index (χ1v) is 4.71. The summed E-state index contributed by atoms with van der Waals surface area (Å²) in [6.07, 6.45) is 1.19. The molecule has 1 aromatic rings. The van der Waals surface area contributed by atoms with E-state index in [0.29, 0.717) is 0 Å². The average molecular weight is 240 g/mol. The van der Waals surface area contributed by atoms with Crippen LogP contribution >= 0.6 is 0 Å². The normalized spacial score (nSPS) is 10.7. The van der Waals surface area contributed by atoms with Crippen LogP contribution in [0.5, 0.6) is 0 Å². The largest absolute Gasteiger partial charge is 0.345 e. The Labute approximate surface area is 96.3 Å². The summed E-state index contributed by atoms with van der Waals surface area (Å²) < 4.78 is 25.5. The van der Waals surface area contributed by atoms with Crippen LogP contribution in [0.2, 0.25) is 0 Å². The number of alkyl halides is 2. The molecule has 0 bridgehead atoms. The van der Waals surface area contributed by atoms with Gasteiger partial charge in [-0.15, -0.1) is 0 Å². The summed E-state index contributed by atoms with van der Waals surface area (Å²) >= 11 is 0. The van der Waals surface area contributed by atoms with Crippen LogP contribution in [0.1, 0.15) is 16.1 Å². The topological polar surface area (TPSA) is 91.8 Å². The van der Waals surface area contributed by atoms with Crippen molar-refractivity contribution in [1.82, 2.24) is 10.3 Å². The fourth-order valence-corrected chi connectivity index (χ4v) is 0.967. The molecule has 90 valence electrons. The van der Waals surface area contributed by atoms with Crippen molar-refractivity contribution in [3.63, 3.8) is 0 Å². The predicted molar refractivity (Wildman–Crippen MR) is 55.3 cm³/mol. The third kappa shape index (κ3) is 3.77. The van der Waals surface area contributed by atoms with Gasteiger partial charge in [0.2, 0.25) is 0 Å². The van der Waals surface area contributed by atoms with Crippen LogP contribution in [0.4, 0.5) is 8.78 Å². The molecule has 0 aliphatic rings. The Kier molecular flexibility index (Phi) is 4.06. The highest BCUT2D eigenvalue weighted by atomic mass is 19.3. The fourth-order valence-electron chi connectivity index (χ4n) is 0.967. The van der Waals surface area contributed by atoms with Crippen molar-refractivity contribution in [2.24, 2.45) is 5.73 Å². The molecule has 0 fully saturated rings. The molecule has 0 unspecified atom stereocenters. The average Bonchev–Trinajstić information content (AvgIpc) is 2.36. The molecule has 0 saturated heterocycles. The lowest BCUT2D eigenvalue weighted by molar-refractivity contribution is 0.0118. The molecule has 0 saturated carbocycles. The van der Waals surface area contributed by atoms with Gasteiger partial charge in [-0.1, -0.05) is 0 Å². The summed E-state index contributed by atoms with van der Waals surface area (Å²) in [4.78, 5) is 15.0. The Balaban J connectivity index is 2.62. The molecule has 0 atom stereocenters. The number of rotatable bonds is 4. The van der Waals surface area contributed by atoms with Gasteiger partial charge in [0.25, 0.3) is 11.8 Å². The van der Waals surface area contributed by atoms with Gasteiger partial charge >= 0.3 is 0 Å². The van der Waals surface area contributed by atoms with Crippen molar-refractivity contribution < 1.29 is 13.6 Å². The van der Waals surface area contributed by atoms with Gasteiger partial charge in [0.1, 0.15) is 11.8 Å². The van der Waals surface area contributed by atoms with Crippen LogP contribution in [0.3, 0.4) is 0 Å². The molecule has 0 radical (unpaired) electrons. The van der Waals surface area contributed by atoms with Crippen LogP contribution in [-0.4, -0.2) is 29.9 Å². The number of nitrogens with one attached hydrogen (secondary N) is 1. The summed E-state index contributed by atoms with van der Waals surface area (Å²) in [5, 5.41) is 10.5. The first-order chi connectivity index (χ1) is 7.98. The quantitative estimate of drug-likeness (QED) is 0.790. The van der Waals surface area contributed by atoms with Gasteiger partial charge in [0, 0.05) is 6.20 Å². The van der Waals surface area contributed by atoms with Crippen LogP contribution in [0, 0.1) is 11.3 Å². The maximum Gasteiger partial charge on any atom is 0.277 e. The molecule has 1 aromatic heterocycles. The van der Waals surface area contributed by atoms with E-state index in [1.165, 1.54) is 18.3 Å². The Morgan fingerprint density at radius 2 is 2.29 bits per heavy atom. The zero-order chi connectivity index (χ0) is 12.9. The van der Waals surface area contributed by atoms with Gasteiger partial charge in [0.05, 0.1) is 18.7 Å². The van der Waals surface area contributed by atoms with Crippen molar-refractivity contribution in [2.75, 3.05) is 13.1 Å². The van der Waals surface area contributed by atoms with E-state index in [-0.39, 0.29) is 11.3 Å². The Morgan fingerprint density at radius 3 is 2.76 bits per heavy atom. The van der Waals surface area contributed by atoms with E-state index in [1.54, 1.807) is 0 Å². The number of nitrogens with two attached hydrogens (primary N) is 1. The molecule has 5 nitrogen and oxygen atoms in total. The number of nitriles is 1. The van der Waals surface area contributed by atoms with Gasteiger partial charge in [-0.3, -0.25) is 4.79 Å². The highest BCUT2D eigenvalue weighted by Crippen LogP contribution is 2.09. The molecule has 0 aliphatic heterocycles.